The first-order valence-electron chi connectivity index (χ1n) is 5.91. The van der Waals surface area contributed by atoms with E-state index in [1.807, 2.05) is 6.07 Å². The molecule has 0 aliphatic carbocycles. The van der Waals surface area contributed by atoms with Gasteiger partial charge in [-0.05, 0) is 37.1 Å². The Morgan fingerprint density at radius 3 is 2.76 bits per heavy atom. The van der Waals surface area contributed by atoms with Gasteiger partial charge in [-0.25, -0.2) is 8.78 Å². The lowest BCUT2D eigenvalue weighted by Gasteiger charge is -2.24. The van der Waals surface area contributed by atoms with Crippen molar-refractivity contribution in [1.29, 1.82) is 0 Å². The second-order valence-corrected chi connectivity index (χ2v) is 4.30. The summed E-state index contributed by atoms with van der Waals surface area (Å²) >= 11 is 0. The van der Waals surface area contributed by atoms with E-state index < -0.39 is 6.43 Å². The van der Waals surface area contributed by atoms with Gasteiger partial charge >= 0.3 is 0 Å². The summed E-state index contributed by atoms with van der Waals surface area (Å²) in [6.07, 6.45) is 0.824. The van der Waals surface area contributed by atoms with Gasteiger partial charge in [-0.15, -0.1) is 0 Å². The van der Waals surface area contributed by atoms with Crippen LogP contribution in [0.25, 0.3) is 0 Å². The number of benzene rings is 1. The first kappa shape index (κ1) is 12.3. The molecule has 2 rings (SSSR count). The van der Waals surface area contributed by atoms with Crippen LogP contribution in [0.1, 0.15) is 42.9 Å². The Labute approximate surface area is 100.0 Å². The van der Waals surface area contributed by atoms with Gasteiger partial charge in [-0.1, -0.05) is 12.5 Å². The second-order valence-electron chi connectivity index (χ2n) is 4.30. The van der Waals surface area contributed by atoms with Crippen molar-refractivity contribution < 1.29 is 13.5 Å². The van der Waals surface area contributed by atoms with Crippen LogP contribution in [0.5, 0.6) is 5.75 Å². The fourth-order valence-electron chi connectivity index (χ4n) is 2.28. The number of hydrogen-bond donors (Lipinski definition) is 1. The minimum absolute atomic E-state index is 0.0163. The SMILES string of the molecule is COc1ccc(C2CCCCN2)cc1C(F)F. The zero-order valence-electron chi connectivity index (χ0n) is 9.88. The summed E-state index contributed by atoms with van der Waals surface area (Å²) in [4.78, 5) is 0. The third-order valence-corrected chi connectivity index (χ3v) is 3.20. The van der Waals surface area contributed by atoms with Crippen LogP contribution in [0, 0.1) is 0 Å². The third-order valence-electron chi connectivity index (χ3n) is 3.20. The highest BCUT2D eigenvalue weighted by Crippen LogP contribution is 2.33. The predicted octanol–water partition coefficient (Wildman–Crippen LogP) is 3.45. The molecular weight excluding hydrogens is 224 g/mol. The van der Waals surface area contributed by atoms with Crippen LogP contribution in [0.15, 0.2) is 18.2 Å². The van der Waals surface area contributed by atoms with Crippen molar-refractivity contribution in [3.63, 3.8) is 0 Å². The molecule has 0 bridgehead atoms. The Kier molecular flexibility index (Phi) is 3.94. The molecule has 1 unspecified atom stereocenters. The molecule has 1 saturated heterocycles. The highest BCUT2D eigenvalue weighted by molar-refractivity contribution is 5.39. The van der Waals surface area contributed by atoms with E-state index >= 15 is 0 Å². The van der Waals surface area contributed by atoms with Crippen molar-refractivity contribution in [3.8, 4) is 5.75 Å². The van der Waals surface area contributed by atoms with E-state index in [0.717, 1.165) is 31.4 Å². The van der Waals surface area contributed by atoms with Crippen LogP contribution in [0.4, 0.5) is 8.78 Å². The fraction of sp³-hybridized carbons (Fsp3) is 0.538. The van der Waals surface area contributed by atoms with E-state index in [1.54, 1.807) is 12.1 Å². The number of halogens is 2. The van der Waals surface area contributed by atoms with Crippen molar-refractivity contribution in [3.05, 3.63) is 29.3 Å². The maximum atomic E-state index is 12.9. The lowest BCUT2D eigenvalue weighted by molar-refractivity contribution is 0.147. The van der Waals surface area contributed by atoms with E-state index in [0.29, 0.717) is 0 Å². The molecule has 0 saturated carbocycles. The zero-order chi connectivity index (χ0) is 12.3. The van der Waals surface area contributed by atoms with Crippen molar-refractivity contribution in [1.82, 2.24) is 5.32 Å². The number of methoxy groups -OCH3 is 1. The molecule has 1 aliphatic heterocycles. The van der Waals surface area contributed by atoms with Crippen molar-refractivity contribution in [2.75, 3.05) is 13.7 Å². The van der Waals surface area contributed by atoms with Crippen LogP contribution in [0.2, 0.25) is 0 Å². The third kappa shape index (κ3) is 2.75. The largest absolute Gasteiger partial charge is 0.496 e. The molecule has 0 aromatic heterocycles. The molecule has 1 aromatic rings. The van der Waals surface area contributed by atoms with Crippen molar-refractivity contribution in [2.45, 2.75) is 31.7 Å². The Morgan fingerprint density at radius 2 is 2.18 bits per heavy atom. The van der Waals surface area contributed by atoms with E-state index in [9.17, 15) is 8.78 Å². The van der Waals surface area contributed by atoms with Crippen molar-refractivity contribution in [2.24, 2.45) is 0 Å². The zero-order valence-corrected chi connectivity index (χ0v) is 9.88. The van der Waals surface area contributed by atoms with Gasteiger partial charge in [-0.2, -0.15) is 0 Å². The molecule has 1 aromatic carbocycles. The molecule has 94 valence electrons. The molecule has 1 N–H and O–H groups in total. The van der Waals surface area contributed by atoms with Gasteiger partial charge in [-0.3, -0.25) is 0 Å². The number of ether oxygens (including phenoxy) is 1. The minimum atomic E-state index is -2.49. The number of hydrogen-bond acceptors (Lipinski definition) is 2. The Bertz CT molecular complexity index is 376. The van der Waals surface area contributed by atoms with E-state index in [4.69, 9.17) is 4.74 Å². The van der Waals surface area contributed by atoms with E-state index in [2.05, 4.69) is 5.32 Å². The Balaban J connectivity index is 2.26. The van der Waals surface area contributed by atoms with Gasteiger partial charge in [0.1, 0.15) is 5.75 Å². The molecule has 1 atom stereocenters. The standard InChI is InChI=1S/C13H17F2NO/c1-17-12-6-5-9(8-10(12)13(14)15)11-4-2-3-7-16-11/h5-6,8,11,13,16H,2-4,7H2,1H3. The fourth-order valence-corrected chi connectivity index (χ4v) is 2.28. The highest BCUT2D eigenvalue weighted by atomic mass is 19.3. The van der Waals surface area contributed by atoms with E-state index in [-0.39, 0.29) is 17.4 Å². The lowest BCUT2D eigenvalue weighted by atomic mass is 9.96. The maximum Gasteiger partial charge on any atom is 0.267 e. The number of piperidine rings is 1. The summed E-state index contributed by atoms with van der Waals surface area (Å²) in [5, 5.41) is 3.35. The lowest BCUT2D eigenvalue weighted by Crippen LogP contribution is -2.26. The average molecular weight is 241 g/mol. The first-order chi connectivity index (χ1) is 8.22. The molecule has 0 radical (unpaired) electrons. The second kappa shape index (κ2) is 5.45. The van der Waals surface area contributed by atoms with Crippen LogP contribution in [-0.4, -0.2) is 13.7 Å². The number of rotatable bonds is 3. The molecule has 2 nitrogen and oxygen atoms in total. The highest BCUT2D eigenvalue weighted by Gasteiger charge is 2.19. The van der Waals surface area contributed by atoms with Crippen molar-refractivity contribution >= 4 is 0 Å². The Hall–Kier alpha value is -1.16. The van der Waals surface area contributed by atoms with Gasteiger partial charge in [0.25, 0.3) is 6.43 Å². The summed E-state index contributed by atoms with van der Waals surface area (Å²) < 4.78 is 30.7. The summed E-state index contributed by atoms with van der Waals surface area (Å²) in [6, 6.07) is 5.26. The molecule has 1 fully saturated rings. The molecule has 1 aliphatic rings. The summed E-state index contributed by atoms with van der Waals surface area (Å²) in [5.41, 5.74) is 0.915. The smallest absolute Gasteiger partial charge is 0.267 e. The quantitative estimate of drug-likeness (QED) is 0.875. The summed E-state index contributed by atoms with van der Waals surface area (Å²) in [7, 11) is 1.42. The van der Waals surface area contributed by atoms with Gasteiger partial charge < -0.3 is 10.1 Å². The van der Waals surface area contributed by atoms with Gasteiger partial charge in [0, 0.05) is 6.04 Å². The molecule has 0 amide bonds. The number of nitrogens with one attached hydrogen (secondary N) is 1. The molecule has 1 heterocycles. The molecular formula is C13H17F2NO. The molecule has 4 heteroatoms. The number of alkyl halides is 2. The Morgan fingerprint density at radius 1 is 1.35 bits per heavy atom. The van der Waals surface area contributed by atoms with Gasteiger partial charge in [0.15, 0.2) is 0 Å². The minimum Gasteiger partial charge on any atom is -0.496 e. The van der Waals surface area contributed by atoms with Gasteiger partial charge in [0.2, 0.25) is 0 Å². The molecule has 17 heavy (non-hydrogen) atoms. The van der Waals surface area contributed by atoms with Crippen LogP contribution < -0.4 is 10.1 Å². The summed E-state index contributed by atoms with van der Waals surface area (Å²) in [5.74, 6) is 0.263. The van der Waals surface area contributed by atoms with Crippen LogP contribution >= 0.6 is 0 Å². The first-order valence-corrected chi connectivity index (χ1v) is 5.91. The monoisotopic (exact) mass is 241 g/mol. The topological polar surface area (TPSA) is 21.3 Å². The summed E-state index contributed by atoms with van der Waals surface area (Å²) in [6.45, 7) is 0.959. The average Bonchev–Trinajstić information content (AvgIpc) is 2.39. The normalized spacial score (nSPS) is 20.6. The molecule has 0 spiro atoms. The van der Waals surface area contributed by atoms with Crippen LogP contribution in [0.3, 0.4) is 0 Å². The van der Waals surface area contributed by atoms with Gasteiger partial charge in [0.05, 0.1) is 12.7 Å². The van der Waals surface area contributed by atoms with E-state index in [1.165, 1.54) is 7.11 Å². The predicted molar refractivity (Wildman–Crippen MR) is 62.5 cm³/mol. The van der Waals surface area contributed by atoms with Crippen LogP contribution in [-0.2, 0) is 0 Å². The maximum absolute atomic E-state index is 12.9.